The van der Waals surface area contributed by atoms with Gasteiger partial charge in [0.25, 0.3) is 0 Å². The van der Waals surface area contributed by atoms with E-state index in [4.69, 9.17) is 26.1 Å². The Morgan fingerprint density at radius 1 is 1.16 bits per heavy atom. The van der Waals surface area contributed by atoms with Gasteiger partial charge in [-0.3, -0.25) is 14.4 Å². The van der Waals surface area contributed by atoms with E-state index in [0.717, 1.165) is 22.5 Å². The largest absolute Gasteiger partial charge is 0.497 e. The molecule has 0 saturated heterocycles. The average molecular weight is 439 g/mol. The number of ether oxygens (including phenoxy) is 2. The second-order valence-corrected chi connectivity index (χ2v) is 7.73. The van der Waals surface area contributed by atoms with Crippen LogP contribution in [0.25, 0.3) is 5.69 Å². The van der Waals surface area contributed by atoms with E-state index in [1.165, 1.54) is 7.11 Å². The third-order valence-corrected chi connectivity index (χ3v) is 5.78. The monoisotopic (exact) mass is 438 g/mol. The van der Waals surface area contributed by atoms with Gasteiger partial charge in [-0.05, 0) is 37.6 Å². The maximum absolute atomic E-state index is 12.6. The molecule has 2 atom stereocenters. The normalized spacial score (nSPS) is 15.9. The number of carbonyl (C=O) groups excluding carboxylic acids is 1. The molecule has 0 saturated carbocycles. The first-order chi connectivity index (χ1) is 15.0. The van der Waals surface area contributed by atoms with Crippen LogP contribution < -0.4 is 4.74 Å². The summed E-state index contributed by atoms with van der Waals surface area (Å²) in [4.78, 5) is 17.7. The van der Waals surface area contributed by atoms with E-state index in [1.807, 2.05) is 60.9 Å². The molecule has 160 valence electrons. The predicted molar refractivity (Wildman–Crippen MR) is 118 cm³/mol. The summed E-state index contributed by atoms with van der Waals surface area (Å²) in [5.41, 5.74) is 3.35. The van der Waals surface area contributed by atoms with Crippen molar-refractivity contribution >= 4 is 23.3 Å². The molecule has 4 rings (SSSR count). The number of rotatable bonds is 5. The number of aryl methyl sites for hydroxylation is 1. The third-order valence-electron chi connectivity index (χ3n) is 5.53. The maximum Gasteiger partial charge on any atom is 0.311 e. The van der Waals surface area contributed by atoms with Gasteiger partial charge in [-0.2, -0.15) is 0 Å². The number of aliphatic imine (C=N–C) groups is 1. The lowest BCUT2D eigenvalue weighted by molar-refractivity contribution is -0.146. The van der Waals surface area contributed by atoms with Crippen LogP contribution in [-0.4, -0.2) is 40.7 Å². The molecule has 2 heterocycles. The third kappa shape index (κ3) is 3.70. The van der Waals surface area contributed by atoms with Gasteiger partial charge in [0.1, 0.15) is 17.6 Å². The van der Waals surface area contributed by atoms with E-state index >= 15 is 0 Å². The summed E-state index contributed by atoms with van der Waals surface area (Å²) < 4.78 is 12.5. The highest BCUT2D eigenvalue weighted by Gasteiger charge is 2.36. The number of aromatic nitrogens is 3. The van der Waals surface area contributed by atoms with Crippen LogP contribution in [0.5, 0.6) is 5.75 Å². The summed E-state index contributed by atoms with van der Waals surface area (Å²) >= 11 is 6.12. The summed E-state index contributed by atoms with van der Waals surface area (Å²) in [6.45, 7) is 3.82. The number of methoxy groups -OCH3 is 2. The lowest BCUT2D eigenvalue weighted by atomic mass is 9.95. The van der Waals surface area contributed by atoms with Crippen LogP contribution in [0, 0.1) is 12.8 Å². The van der Waals surface area contributed by atoms with Gasteiger partial charge in [0.05, 0.1) is 31.5 Å². The Hall–Kier alpha value is -3.19. The van der Waals surface area contributed by atoms with Crippen molar-refractivity contribution in [1.29, 1.82) is 0 Å². The average Bonchev–Trinajstić information content (AvgIpc) is 3.10. The molecule has 0 spiro atoms. The standard InChI is InChI=1S/C23H23ClN4O3/c1-5-17(23(29)31-4)21-22-27-26-13(2)28(22)19-12-16(30-3)10-11-18(19)20(25-21)14-6-8-15(24)9-7-14/h6-12,17,21H,5H2,1-4H3/t17-,21+/m1/s1. The minimum Gasteiger partial charge on any atom is -0.497 e. The second kappa shape index (κ2) is 8.51. The van der Waals surface area contributed by atoms with Crippen molar-refractivity contribution in [2.24, 2.45) is 10.9 Å². The molecule has 0 aliphatic carbocycles. The molecule has 1 aliphatic rings. The number of hydrogen-bond acceptors (Lipinski definition) is 6. The molecule has 0 N–H and O–H groups in total. The highest BCUT2D eigenvalue weighted by Crippen LogP contribution is 2.37. The van der Waals surface area contributed by atoms with Gasteiger partial charge in [0.15, 0.2) is 5.82 Å². The van der Waals surface area contributed by atoms with Gasteiger partial charge >= 0.3 is 5.97 Å². The van der Waals surface area contributed by atoms with E-state index in [0.29, 0.717) is 28.8 Å². The Balaban J connectivity index is 2.03. The summed E-state index contributed by atoms with van der Waals surface area (Å²) in [6, 6.07) is 12.7. The van der Waals surface area contributed by atoms with Gasteiger partial charge in [0, 0.05) is 22.2 Å². The van der Waals surface area contributed by atoms with E-state index in [2.05, 4.69) is 10.2 Å². The molecule has 0 radical (unpaired) electrons. The predicted octanol–water partition coefficient (Wildman–Crippen LogP) is 4.33. The first-order valence-electron chi connectivity index (χ1n) is 10.0. The van der Waals surface area contributed by atoms with Crippen molar-refractivity contribution in [2.75, 3.05) is 14.2 Å². The molecule has 0 amide bonds. The zero-order chi connectivity index (χ0) is 22.1. The number of esters is 1. The quantitative estimate of drug-likeness (QED) is 0.554. The van der Waals surface area contributed by atoms with Crippen LogP contribution in [0.3, 0.4) is 0 Å². The van der Waals surface area contributed by atoms with Crippen LogP contribution in [0.1, 0.15) is 42.2 Å². The Morgan fingerprint density at radius 3 is 2.55 bits per heavy atom. The van der Waals surface area contributed by atoms with Crippen LogP contribution in [-0.2, 0) is 9.53 Å². The Bertz CT molecular complexity index is 1150. The molecule has 1 aromatic heterocycles. The highest BCUT2D eigenvalue weighted by atomic mass is 35.5. The van der Waals surface area contributed by atoms with Gasteiger partial charge in [-0.15, -0.1) is 10.2 Å². The van der Waals surface area contributed by atoms with Crippen LogP contribution in [0.15, 0.2) is 47.5 Å². The molecule has 0 unspecified atom stereocenters. The molecule has 7 nitrogen and oxygen atoms in total. The lowest BCUT2D eigenvalue weighted by Gasteiger charge is -2.20. The zero-order valence-corrected chi connectivity index (χ0v) is 18.6. The number of nitrogens with zero attached hydrogens (tertiary/aromatic N) is 4. The topological polar surface area (TPSA) is 78.6 Å². The SMILES string of the molecule is CC[C@@H](C(=O)OC)[C@@H]1N=C(c2ccc(Cl)cc2)c2ccc(OC)cc2-n2c(C)nnc21. The molecule has 1 aliphatic heterocycles. The Labute approximate surface area is 185 Å². The summed E-state index contributed by atoms with van der Waals surface area (Å²) in [6.07, 6.45) is 0.542. The number of hydrogen-bond donors (Lipinski definition) is 0. The van der Waals surface area contributed by atoms with Crippen molar-refractivity contribution in [1.82, 2.24) is 14.8 Å². The first-order valence-corrected chi connectivity index (χ1v) is 10.4. The van der Waals surface area contributed by atoms with Crippen molar-refractivity contribution in [2.45, 2.75) is 26.3 Å². The van der Waals surface area contributed by atoms with Crippen molar-refractivity contribution < 1.29 is 14.3 Å². The van der Waals surface area contributed by atoms with E-state index in [-0.39, 0.29) is 5.97 Å². The number of halogens is 1. The highest BCUT2D eigenvalue weighted by molar-refractivity contribution is 6.30. The van der Waals surface area contributed by atoms with Gasteiger partial charge in [-0.1, -0.05) is 30.7 Å². The molecular weight excluding hydrogens is 416 g/mol. The van der Waals surface area contributed by atoms with E-state index < -0.39 is 12.0 Å². The molecular formula is C23H23ClN4O3. The molecule has 31 heavy (non-hydrogen) atoms. The zero-order valence-electron chi connectivity index (χ0n) is 17.8. The smallest absolute Gasteiger partial charge is 0.311 e. The Kier molecular flexibility index (Phi) is 5.78. The molecule has 2 aromatic carbocycles. The van der Waals surface area contributed by atoms with Crippen LogP contribution in [0.2, 0.25) is 5.02 Å². The molecule has 3 aromatic rings. The Morgan fingerprint density at radius 2 is 1.90 bits per heavy atom. The molecule has 8 heteroatoms. The van der Waals surface area contributed by atoms with E-state index in [9.17, 15) is 4.79 Å². The minimum absolute atomic E-state index is 0.331. The van der Waals surface area contributed by atoms with Crippen LogP contribution >= 0.6 is 11.6 Å². The van der Waals surface area contributed by atoms with Gasteiger partial charge in [-0.25, -0.2) is 0 Å². The van der Waals surface area contributed by atoms with Gasteiger partial charge < -0.3 is 9.47 Å². The fourth-order valence-corrected chi connectivity index (χ4v) is 4.06. The van der Waals surface area contributed by atoms with Gasteiger partial charge in [0.2, 0.25) is 0 Å². The number of fused-ring (bicyclic) bond motifs is 3. The molecule has 0 fully saturated rings. The maximum atomic E-state index is 12.6. The lowest BCUT2D eigenvalue weighted by Crippen LogP contribution is -2.24. The van der Waals surface area contributed by atoms with Crippen molar-refractivity contribution in [3.8, 4) is 11.4 Å². The fraction of sp³-hybridized carbons (Fsp3) is 0.304. The molecule has 0 bridgehead atoms. The minimum atomic E-state index is -0.567. The summed E-state index contributed by atoms with van der Waals surface area (Å²) in [5.74, 6) is 1.15. The van der Waals surface area contributed by atoms with Crippen LogP contribution in [0.4, 0.5) is 0 Å². The summed E-state index contributed by atoms with van der Waals surface area (Å²) in [5, 5.41) is 9.34. The van der Waals surface area contributed by atoms with E-state index in [1.54, 1.807) is 7.11 Å². The second-order valence-electron chi connectivity index (χ2n) is 7.29. The number of benzene rings is 2. The summed E-state index contributed by atoms with van der Waals surface area (Å²) in [7, 11) is 3.01. The first kappa shape index (κ1) is 21.1. The van der Waals surface area contributed by atoms with Crippen molar-refractivity contribution in [3.63, 3.8) is 0 Å². The number of carbonyl (C=O) groups is 1. The van der Waals surface area contributed by atoms with Crippen molar-refractivity contribution in [3.05, 3.63) is 70.3 Å². The fourth-order valence-electron chi connectivity index (χ4n) is 3.94.